The van der Waals surface area contributed by atoms with Gasteiger partial charge in [0.2, 0.25) is 5.91 Å². The molecule has 0 saturated carbocycles. The number of nitrogens with one attached hydrogen (secondary N) is 1. The number of hydrogen-bond acceptors (Lipinski definition) is 2. The highest BCUT2D eigenvalue weighted by Gasteiger charge is 2.17. The first kappa shape index (κ1) is 16.1. The SMILES string of the molecule is CC(C)(C)c1ccc(N[C@@H](Cc2ccccc2)C(N)=O)cc1. The van der Waals surface area contributed by atoms with Gasteiger partial charge in [0.05, 0.1) is 0 Å². The number of carbonyl (C=O) groups excluding carboxylic acids is 1. The molecule has 0 bridgehead atoms. The van der Waals surface area contributed by atoms with Gasteiger partial charge in [-0.15, -0.1) is 0 Å². The zero-order valence-electron chi connectivity index (χ0n) is 13.5. The molecule has 0 aliphatic heterocycles. The largest absolute Gasteiger partial charge is 0.373 e. The van der Waals surface area contributed by atoms with E-state index in [9.17, 15) is 4.79 Å². The van der Waals surface area contributed by atoms with Crippen LogP contribution >= 0.6 is 0 Å². The molecular weight excluding hydrogens is 272 g/mol. The second-order valence-corrected chi connectivity index (χ2v) is 6.62. The first-order chi connectivity index (χ1) is 10.4. The van der Waals surface area contributed by atoms with E-state index in [4.69, 9.17) is 5.73 Å². The second-order valence-electron chi connectivity index (χ2n) is 6.62. The number of benzene rings is 2. The number of nitrogens with two attached hydrogens (primary N) is 1. The van der Waals surface area contributed by atoms with E-state index in [1.165, 1.54) is 5.56 Å². The lowest BCUT2D eigenvalue weighted by Gasteiger charge is -2.21. The molecule has 3 N–H and O–H groups in total. The van der Waals surface area contributed by atoms with Gasteiger partial charge < -0.3 is 11.1 Å². The van der Waals surface area contributed by atoms with E-state index in [1.807, 2.05) is 42.5 Å². The van der Waals surface area contributed by atoms with Crippen molar-refractivity contribution < 1.29 is 4.79 Å². The Morgan fingerprint density at radius 1 is 1.05 bits per heavy atom. The first-order valence-electron chi connectivity index (χ1n) is 7.56. The third-order valence-electron chi connectivity index (χ3n) is 3.72. The van der Waals surface area contributed by atoms with E-state index in [1.54, 1.807) is 0 Å². The molecule has 0 spiro atoms. The maximum absolute atomic E-state index is 11.7. The van der Waals surface area contributed by atoms with Gasteiger partial charge in [-0.2, -0.15) is 0 Å². The Kier molecular flexibility index (Phi) is 4.86. The van der Waals surface area contributed by atoms with Crippen LogP contribution in [0.2, 0.25) is 0 Å². The number of anilines is 1. The van der Waals surface area contributed by atoms with Gasteiger partial charge in [-0.05, 0) is 28.7 Å². The Hall–Kier alpha value is -2.29. The van der Waals surface area contributed by atoms with Crippen LogP contribution in [0.4, 0.5) is 5.69 Å². The molecule has 1 atom stereocenters. The lowest BCUT2D eigenvalue weighted by molar-refractivity contribution is -0.118. The van der Waals surface area contributed by atoms with E-state index in [0.717, 1.165) is 11.3 Å². The van der Waals surface area contributed by atoms with Crippen molar-refractivity contribution in [2.75, 3.05) is 5.32 Å². The van der Waals surface area contributed by atoms with Crippen LogP contribution in [0.1, 0.15) is 31.9 Å². The van der Waals surface area contributed by atoms with E-state index < -0.39 is 6.04 Å². The zero-order chi connectivity index (χ0) is 16.2. The van der Waals surface area contributed by atoms with Crippen LogP contribution in [0, 0.1) is 0 Å². The summed E-state index contributed by atoms with van der Waals surface area (Å²) in [6.45, 7) is 6.53. The van der Waals surface area contributed by atoms with Gasteiger partial charge in [-0.25, -0.2) is 0 Å². The summed E-state index contributed by atoms with van der Waals surface area (Å²) in [6.07, 6.45) is 0.581. The molecule has 22 heavy (non-hydrogen) atoms. The fourth-order valence-electron chi connectivity index (χ4n) is 2.34. The Morgan fingerprint density at radius 2 is 1.64 bits per heavy atom. The van der Waals surface area contributed by atoms with Crippen molar-refractivity contribution in [3.63, 3.8) is 0 Å². The average Bonchev–Trinajstić information content (AvgIpc) is 2.47. The van der Waals surface area contributed by atoms with Gasteiger partial charge in [0, 0.05) is 12.1 Å². The number of rotatable bonds is 5. The fraction of sp³-hybridized carbons (Fsp3) is 0.316. The lowest BCUT2D eigenvalue weighted by Crippen LogP contribution is -2.37. The maximum atomic E-state index is 11.7. The molecule has 0 unspecified atom stereocenters. The van der Waals surface area contributed by atoms with Crippen molar-refractivity contribution in [2.45, 2.75) is 38.6 Å². The molecule has 3 heteroatoms. The monoisotopic (exact) mass is 296 g/mol. The molecule has 2 rings (SSSR count). The van der Waals surface area contributed by atoms with E-state index in [0.29, 0.717) is 6.42 Å². The van der Waals surface area contributed by atoms with Crippen LogP contribution < -0.4 is 11.1 Å². The van der Waals surface area contributed by atoms with Crippen LogP contribution in [0.3, 0.4) is 0 Å². The normalized spacial score (nSPS) is 12.7. The summed E-state index contributed by atoms with van der Waals surface area (Å²) in [6, 6.07) is 17.6. The van der Waals surface area contributed by atoms with Crippen molar-refractivity contribution in [1.29, 1.82) is 0 Å². The summed E-state index contributed by atoms with van der Waals surface area (Å²) in [5.74, 6) is -0.344. The van der Waals surface area contributed by atoms with Gasteiger partial charge in [0.25, 0.3) is 0 Å². The van der Waals surface area contributed by atoms with Crippen LogP contribution in [-0.4, -0.2) is 11.9 Å². The summed E-state index contributed by atoms with van der Waals surface area (Å²) >= 11 is 0. The zero-order valence-corrected chi connectivity index (χ0v) is 13.5. The third kappa shape index (κ3) is 4.35. The smallest absolute Gasteiger partial charge is 0.240 e. The minimum Gasteiger partial charge on any atom is -0.373 e. The molecule has 1 amide bonds. The summed E-state index contributed by atoms with van der Waals surface area (Å²) in [5, 5.41) is 3.23. The lowest BCUT2D eigenvalue weighted by atomic mass is 9.87. The van der Waals surface area contributed by atoms with Crippen molar-refractivity contribution in [2.24, 2.45) is 5.73 Å². The summed E-state index contributed by atoms with van der Waals surface area (Å²) in [4.78, 5) is 11.7. The van der Waals surface area contributed by atoms with Gasteiger partial charge in [0.15, 0.2) is 0 Å². The Balaban J connectivity index is 2.10. The van der Waals surface area contributed by atoms with Gasteiger partial charge in [0.1, 0.15) is 6.04 Å². The quantitative estimate of drug-likeness (QED) is 0.887. The van der Waals surface area contributed by atoms with Gasteiger partial charge in [-0.3, -0.25) is 4.79 Å². The molecule has 0 heterocycles. The van der Waals surface area contributed by atoms with E-state index >= 15 is 0 Å². The van der Waals surface area contributed by atoms with Crippen molar-refractivity contribution in [3.05, 3.63) is 65.7 Å². The Morgan fingerprint density at radius 3 is 2.14 bits per heavy atom. The fourth-order valence-corrected chi connectivity index (χ4v) is 2.34. The summed E-state index contributed by atoms with van der Waals surface area (Å²) in [7, 11) is 0. The Labute approximate surface area is 132 Å². The second kappa shape index (κ2) is 6.65. The third-order valence-corrected chi connectivity index (χ3v) is 3.72. The predicted octanol–water partition coefficient (Wildman–Crippen LogP) is 3.49. The minimum absolute atomic E-state index is 0.117. The molecule has 2 aromatic rings. The van der Waals surface area contributed by atoms with Crippen molar-refractivity contribution in [3.8, 4) is 0 Å². The molecule has 0 aromatic heterocycles. The predicted molar refractivity (Wildman–Crippen MR) is 91.9 cm³/mol. The highest BCUT2D eigenvalue weighted by molar-refractivity contribution is 5.83. The van der Waals surface area contributed by atoms with Crippen LogP contribution in [0.25, 0.3) is 0 Å². The van der Waals surface area contributed by atoms with E-state index in [-0.39, 0.29) is 11.3 Å². The Bertz CT molecular complexity index is 612. The van der Waals surface area contributed by atoms with Gasteiger partial charge >= 0.3 is 0 Å². The van der Waals surface area contributed by atoms with Gasteiger partial charge in [-0.1, -0.05) is 63.2 Å². The number of amides is 1. The molecule has 3 nitrogen and oxygen atoms in total. The van der Waals surface area contributed by atoms with Crippen LogP contribution in [0.5, 0.6) is 0 Å². The standard InChI is InChI=1S/C19H24N2O/c1-19(2,3)15-9-11-16(12-10-15)21-17(18(20)22)13-14-7-5-4-6-8-14/h4-12,17,21H,13H2,1-3H3,(H2,20,22)/t17-/m0/s1. The topological polar surface area (TPSA) is 55.1 Å². The highest BCUT2D eigenvalue weighted by atomic mass is 16.1. The van der Waals surface area contributed by atoms with Crippen LogP contribution in [-0.2, 0) is 16.6 Å². The molecule has 2 aromatic carbocycles. The molecule has 0 aliphatic rings. The molecule has 0 fully saturated rings. The first-order valence-corrected chi connectivity index (χ1v) is 7.56. The van der Waals surface area contributed by atoms with E-state index in [2.05, 4.69) is 38.2 Å². The molecule has 0 radical (unpaired) electrons. The minimum atomic E-state index is -0.414. The maximum Gasteiger partial charge on any atom is 0.240 e. The summed E-state index contributed by atoms with van der Waals surface area (Å²) < 4.78 is 0. The van der Waals surface area contributed by atoms with Crippen molar-refractivity contribution >= 4 is 11.6 Å². The average molecular weight is 296 g/mol. The number of carbonyl (C=O) groups is 1. The molecule has 0 saturated heterocycles. The number of hydrogen-bond donors (Lipinski definition) is 2. The molecular formula is C19H24N2O. The van der Waals surface area contributed by atoms with Crippen LogP contribution in [0.15, 0.2) is 54.6 Å². The number of primary amides is 1. The summed E-state index contributed by atoms with van der Waals surface area (Å²) in [5.41, 5.74) is 8.91. The molecule has 116 valence electrons. The van der Waals surface area contributed by atoms with Crippen molar-refractivity contribution in [1.82, 2.24) is 0 Å². The molecule has 0 aliphatic carbocycles. The highest BCUT2D eigenvalue weighted by Crippen LogP contribution is 2.23.